The first-order valence-corrected chi connectivity index (χ1v) is 6.94. The molecule has 1 N–H and O–H groups in total. The number of pyridine rings is 1. The number of aromatic amines is 1. The fourth-order valence-corrected chi connectivity index (χ4v) is 3.04. The van der Waals surface area contributed by atoms with Gasteiger partial charge in [0, 0.05) is 25.7 Å². The summed E-state index contributed by atoms with van der Waals surface area (Å²) in [6, 6.07) is 5.26. The quantitative estimate of drug-likeness (QED) is 0.806. The minimum atomic E-state index is 0.0369. The van der Waals surface area contributed by atoms with Crippen molar-refractivity contribution in [3.8, 4) is 0 Å². The van der Waals surface area contributed by atoms with E-state index in [4.69, 9.17) is 11.6 Å². The van der Waals surface area contributed by atoms with E-state index in [2.05, 4.69) is 41.4 Å². The first-order chi connectivity index (χ1) is 7.97. The van der Waals surface area contributed by atoms with Crippen molar-refractivity contribution in [3.05, 3.63) is 42.7 Å². The summed E-state index contributed by atoms with van der Waals surface area (Å²) in [5.41, 5.74) is 1.91. The van der Waals surface area contributed by atoms with Crippen LogP contribution in [-0.2, 0) is 6.42 Å². The Labute approximate surface area is 119 Å². The average molecular weight is 362 g/mol. The summed E-state index contributed by atoms with van der Waals surface area (Å²) in [6.45, 7) is 4.27. The fourth-order valence-electron chi connectivity index (χ4n) is 1.88. The topological polar surface area (TPSA) is 32.9 Å². The predicted octanol–water partition coefficient (Wildman–Crippen LogP) is 3.98. The van der Waals surface area contributed by atoms with Crippen LogP contribution in [-0.4, -0.2) is 4.98 Å². The van der Waals surface area contributed by atoms with Gasteiger partial charge in [-0.2, -0.15) is 0 Å². The second kappa shape index (κ2) is 4.98. The predicted molar refractivity (Wildman–Crippen MR) is 80.8 cm³/mol. The van der Waals surface area contributed by atoms with E-state index in [-0.39, 0.29) is 5.43 Å². The molecule has 0 spiro atoms. The van der Waals surface area contributed by atoms with Crippen LogP contribution >= 0.6 is 34.2 Å². The molecule has 2 rings (SSSR count). The lowest BCUT2D eigenvalue weighted by Gasteiger charge is -2.08. The van der Waals surface area contributed by atoms with Crippen LogP contribution in [0.2, 0.25) is 5.02 Å². The molecule has 4 heteroatoms. The highest BCUT2D eigenvalue weighted by atomic mass is 127. The number of hydrogen-bond acceptors (Lipinski definition) is 1. The number of nitrogens with one attached hydrogen (secondary N) is 1. The van der Waals surface area contributed by atoms with Crippen molar-refractivity contribution < 1.29 is 0 Å². The Balaban J connectivity index is 2.69. The minimum absolute atomic E-state index is 0.0369. The van der Waals surface area contributed by atoms with Crippen molar-refractivity contribution >= 4 is 45.1 Å². The number of rotatable bonds is 2. The molecule has 0 aliphatic heterocycles. The molecule has 0 unspecified atom stereocenters. The molecule has 0 saturated carbocycles. The van der Waals surface area contributed by atoms with Gasteiger partial charge in [-0.25, -0.2) is 0 Å². The first-order valence-electron chi connectivity index (χ1n) is 5.48. The third kappa shape index (κ3) is 2.83. The van der Waals surface area contributed by atoms with Crippen LogP contribution < -0.4 is 5.43 Å². The number of benzene rings is 1. The van der Waals surface area contributed by atoms with Gasteiger partial charge >= 0.3 is 0 Å². The highest BCUT2D eigenvalue weighted by molar-refractivity contribution is 14.1. The Hall–Kier alpha value is -0.550. The molecule has 0 atom stereocenters. The maximum atomic E-state index is 12.0. The molecule has 90 valence electrons. The molecule has 1 heterocycles. The molecule has 0 fully saturated rings. The SMILES string of the molecule is CC(C)Cc1cc(=O)c2cc(Cl)cc(I)c2[nH]1. The van der Waals surface area contributed by atoms with Crippen molar-refractivity contribution in [1.82, 2.24) is 4.98 Å². The van der Waals surface area contributed by atoms with E-state index in [0.29, 0.717) is 16.3 Å². The maximum Gasteiger partial charge on any atom is 0.189 e. The van der Waals surface area contributed by atoms with E-state index in [0.717, 1.165) is 21.2 Å². The molecule has 0 aliphatic rings. The molecular formula is C13H13ClINO. The van der Waals surface area contributed by atoms with Crippen LogP contribution in [0, 0.1) is 9.49 Å². The van der Waals surface area contributed by atoms with E-state index in [1.807, 2.05) is 6.07 Å². The van der Waals surface area contributed by atoms with E-state index in [9.17, 15) is 4.79 Å². The number of aromatic nitrogens is 1. The van der Waals surface area contributed by atoms with Gasteiger partial charge in [-0.15, -0.1) is 0 Å². The van der Waals surface area contributed by atoms with Crippen LogP contribution in [0.15, 0.2) is 23.0 Å². The Kier molecular flexibility index (Phi) is 3.78. The van der Waals surface area contributed by atoms with Gasteiger partial charge in [-0.1, -0.05) is 25.4 Å². The Bertz CT molecular complexity index is 619. The summed E-state index contributed by atoms with van der Waals surface area (Å²) in [4.78, 5) is 15.3. The van der Waals surface area contributed by atoms with Crippen molar-refractivity contribution in [1.29, 1.82) is 0 Å². The van der Waals surface area contributed by atoms with Crippen LogP contribution in [0.4, 0.5) is 0 Å². The highest BCUT2D eigenvalue weighted by Crippen LogP contribution is 2.22. The van der Waals surface area contributed by atoms with Crippen LogP contribution in [0.25, 0.3) is 10.9 Å². The summed E-state index contributed by atoms with van der Waals surface area (Å²) in [5, 5.41) is 1.26. The molecule has 0 saturated heterocycles. The lowest BCUT2D eigenvalue weighted by molar-refractivity contribution is 0.636. The van der Waals surface area contributed by atoms with E-state index in [1.165, 1.54) is 0 Å². The molecule has 2 nitrogen and oxygen atoms in total. The lowest BCUT2D eigenvalue weighted by atomic mass is 10.1. The smallest absolute Gasteiger partial charge is 0.189 e. The molecule has 1 aromatic heterocycles. The zero-order valence-electron chi connectivity index (χ0n) is 9.68. The summed E-state index contributed by atoms with van der Waals surface area (Å²) >= 11 is 8.16. The number of fused-ring (bicyclic) bond motifs is 1. The van der Waals surface area contributed by atoms with Crippen molar-refractivity contribution in [2.24, 2.45) is 5.92 Å². The molecular weight excluding hydrogens is 349 g/mol. The van der Waals surface area contributed by atoms with Crippen molar-refractivity contribution in [2.45, 2.75) is 20.3 Å². The third-order valence-corrected chi connectivity index (χ3v) is 3.61. The van der Waals surface area contributed by atoms with E-state index in [1.54, 1.807) is 12.1 Å². The summed E-state index contributed by atoms with van der Waals surface area (Å²) in [7, 11) is 0. The summed E-state index contributed by atoms with van der Waals surface area (Å²) < 4.78 is 0.979. The average Bonchev–Trinajstić information content (AvgIpc) is 2.19. The zero-order valence-corrected chi connectivity index (χ0v) is 12.6. The van der Waals surface area contributed by atoms with Crippen LogP contribution in [0.5, 0.6) is 0 Å². The summed E-state index contributed by atoms with van der Waals surface area (Å²) in [6.07, 6.45) is 0.879. The standard InChI is InChI=1S/C13H13ClINO/c1-7(2)3-9-6-12(17)10-4-8(14)5-11(15)13(10)16-9/h4-7H,3H2,1-2H3,(H,16,17). The van der Waals surface area contributed by atoms with Gasteiger partial charge < -0.3 is 4.98 Å². The highest BCUT2D eigenvalue weighted by Gasteiger charge is 2.07. The van der Waals surface area contributed by atoms with Crippen molar-refractivity contribution in [3.63, 3.8) is 0 Å². The summed E-state index contributed by atoms with van der Waals surface area (Å²) in [5.74, 6) is 0.521. The molecule has 0 aliphatic carbocycles. The molecule has 0 amide bonds. The van der Waals surface area contributed by atoms with Gasteiger partial charge in [0.15, 0.2) is 5.43 Å². The van der Waals surface area contributed by atoms with Crippen LogP contribution in [0.1, 0.15) is 19.5 Å². The first kappa shape index (κ1) is 12.9. The van der Waals surface area contributed by atoms with E-state index < -0.39 is 0 Å². The largest absolute Gasteiger partial charge is 0.357 e. The second-order valence-electron chi connectivity index (χ2n) is 4.57. The van der Waals surface area contributed by atoms with Crippen molar-refractivity contribution in [2.75, 3.05) is 0 Å². The monoisotopic (exact) mass is 361 g/mol. The Morgan fingerprint density at radius 3 is 2.71 bits per heavy atom. The van der Waals surface area contributed by atoms with Gasteiger partial charge in [0.05, 0.1) is 5.52 Å². The molecule has 17 heavy (non-hydrogen) atoms. The Morgan fingerprint density at radius 2 is 2.06 bits per heavy atom. The normalized spacial score (nSPS) is 11.4. The minimum Gasteiger partial charge on any atom is -0.357 e. The number of H-pyrrole nitrogens is 1. The van der Waals surface area contributed by atoms with Gasteiger partial charge in [0.25, 0.3) is 0 Å². The maximum absolute atomic E-state index is 12.0. The van der Waals surface area contributed by atoms with E-state index >= 15 is 0 Å². The lowest BCUT2D eigenvalue weighted by Crippen LogP contribution is -2.08. The molecule has 1 aromatic carbocycles. The fraction of sp³-hybridized carbons (Fsp3) is 0.308. The van der Waals surface area contributed by atoms with Gasteiger partial charge in [0.2, 0.25) is 0 Å². The number of halogens is 2. The van der Waals surface area contributed by atoms with Gasteiger partial charge in [-0.3, -0.25) is 4.79 Å². The van der Waals surface area contributed by atoms with Gasteiger partial charge in [0.1, 0.15) is 0 Å². The second-order valence-corrected chi connectivity index (χ2v) is 6.17. The van der Waals surface area contributed by atoms with Crippen LogP contribution in [0.3, 0.4) is 0 Å². The van der Waals surface area contributed by atoms with Gasteiger partial charge in [-0.05, 0) is 47.1 Å². The molecule has 0 bridgehead atoms. The molecule has 2 aromatic rings. The zero-order chi connectivity index (χ0) is 12.6. The molecule has 0 radical (unpaired) electrons. The Morgan fingerprint density at radius 1 is 1.35 bits per heavy atom. The third-order valence-electron chi connectivity index (χ3n) is 2.54. The number of hydrogen-bond donors (Lipinski definition) is 1.